The fourth-order valence-corrected chi connectivity index (χ4v) is 2.41. The summed E-state index contributed by atoms with van der Waals surface area (Å²) in [4.78, 5) is 13.9. The van der Waals surface area contributed by atoms with E-state index in [2.05, 4.69) is 10.2 Å². The Balaban J connectivity index is 1.99. The molecule has 5 nitrogen and oxygen atoms in total. The van der Waals surface area contributed by atoms with Crippen molar-refractivity contribution in [3.63, 3.8) is 0 Å². The molecule has 1 aliphatic rings. The molecule has 1 aromatic rings. The van der Waals surface area contributed by atoms with Crippen LogP contribution in [0.3, 0.4) is 0 Å². The molecule has 0 radical (unpaired) electrons. The van der Waals surface area contributed by atoms with Crippen LogP contribution in [0.15, 0.2) is 18.2 Å². The second-order valence-corrected chi connectivity index (χ2v) is 4.71. The van der Waals surface area contributed by atoms with Crippen molar-refractivity contribution in [2.75, 3.05) is 44.0 Å². The highest BCUT2D eigenvalue weighted by molar-refractivity contribution is 5.82. The van der Waals surface area contributed by atoms with Crippen molar-refractivity contribution >= 4 is 17.3 Å². The standard InChI is InChI=1S/C14H21N3O2/c1-19-9-7-16-14(18)10-17-8-3-4-11-12(15)5-2-6-13(11)17/h2,5-6H,3-4,7-10,15H2,1H3,(H,16,18). The molecule has 104 valence electrons. The zero-order chi connectivity index (χ0) is 13.7. The molecule has 0 aliphatic carbocycles. The summed E-state index contributed by atoms with van der Waals surface area (Å²) in [5.74, 6) is 0.0207. The van der Waals surface area contributed by atoms with Gasteiger partial charge in [0.1, 0.15) is 0 Å². The Labute approximate surface area is 113 Å². The zero-order valence-corrected chi connectivity index (χ0v) is 11.3. The zero-order valence-electron chi connectivity index (χ0n) is 11.3. The predicted molar refractivity (Wildman–Crippen MR) is 76.3 cm³/mol. The van der Waals surface area contributed by atoms with Crippen LogP contribution in [0.2, 0.25) is 0 Å². The Bertz CT molecular complexity index is 448. The maximum atomic E-state index is 11.8. The molecule has 0 bridgehead atoms. The minimum absolute atomic E-state index is 0.0207. The van der Waals surface area contributed by atoms with E-state index in [1.807, 2.05) is 18.2 Å². The number of methoxy groups -OCH3 is 1. The van der Waals surface area contributed by atoms with Gasteiger partial charge in [0.25, 0.3) is 0 Å². The van der Waals surface area contributed by atoms with E-state index in [4.69, 9.17) is 10.5 Å². The molecule has 0 spiro atoms. The van der Waals surface area contributed by atoms with E-state index in [0.717, 1.165) is 30.8 Å². The van der Waals surface area contributed by atoms with Crippen molar-refractivity contribution in [3.05, 3.63) is 23.8 Å². The number of nitrogens with zero attached hydrogens (tertiary/aromatic N) is 1. The summed E-state index contributed by atoms with van der Waals surface area (Å²) in [6.07, 6.45) is 2.02. The molecule has 0 atom stereocenters. The molecule has 1 aliphatic heterocycles. The van der Waals surface area contributed by atoms with Crippen molar-refractivity contribution in [2.45, 2.75) is 12.8 Å². The molecular formula is C14H21N3O2. The van der Waals surface area contributed by atoms with Crippen LogP contribution >= 0.6 is 0 Å². The van der Waals surface area contributed by atoms with Crippen molar-refractivity contribution in [1.82, 2.24) is 5.32 Å². The molecule has 19 heavy (non-hydrogen) atoms. The Morgan fingerprint density at radius 1 is 1.53 bits per heavy atom. The normalized spacial score (nSPS) is 14.1. The lowest BCUT2D eigenvalue weighted by molar-refractivity contribution is -0.120. The number of benzene rings is 1. The van der Waals surface area contributed by atoms with Gasteiger partial charge < -0.3 is 20.7 Å². The minimum atomic E-state index is 0.0207. The number of amides is 1. The number of rotatable bonds is 5. The second-order valence-electron chi connectivity index (χ2n) is 4.71. The van der Waals surface area contributed by atoms with Crippen LogP contribution in [0.1, 0.15) is 12.0 Å². The third-order valence-electron chi connectivity index (χ3n) is 3.35. The lowest BCUT2D eigenvalue weighted by atomic mass is 10.00. The van der Waals surface area contributed by atoms with Crippen molar-refractivity contribution in [3.8, 4) is 0 Å². The minimum Gasteiger partial charge on any atom is -0.398 e. The first kappa shape index (κ1) is 13.7. The van der Waals surface area contributed by atoms with Crippen LogP contribution < -0.4 is 16.0 Å². The van der Waals surface area contributed by atoms with E-state index in [9.17, 15) is 4.79 Å². The number of nitrogens with two attached hydrogens (primary N) is 1. The summed E-state index contributed by atoms with van der Waals surface area (Å²) >= 11 is 0. The van der Waals surface area contributed by atoms with E-state index >= 15 is 0 Å². The maximum Gasteiger partial charge on any atom is 0.239 e. The number of nitrogen functional groups attached to an aromatic ring is 1. The molecule has 1 aromatic carbocycles. The van der Waals surface area contributed by atoms with E-state index in [1.54, 1.807) is 7.11 Å². The van der Waals surface area contributed by atoms with E-state index < -0.39 is 0 Å². The van der Waals surface area contributed by atoms with Gasteiger partial charge in [0.15, 0.2) is 0 Å². The molecular weight excluding hydrogens is 242 g/mol. The van der Waals surface area contributed by atoms with Crippen LogP contribution in [0.4, 0.5) is 11.4 Å². The summed E-state index contributed by atoms with van der Waals surface area (Å²) in [6.45, 7) is 2.36. The number of hydrogen-bond donors (Lipinski definition) is 2. The van der Waals surface area contributed by atoms with Crippen LogP contribution in [0.5, 0.6) is 0 Å². The van der Waals surface area contributed by atoms with Crippen LogP contribution in [-0.2, 0) is 16.0 Å². The number of ether oxygens (including phenoxy) is 1. The molecule has 5 heteroatoms. The molecule has 0 unspecified atom stereocenters. The van der Waals surface area contributed by atoms with Crippen LogP contribution in [0.25, 0.3) is 0 Å². The van der Waals surface area contributed by atoms with Gasteiger partial charge in [0, 0.05) is 31.6 Å². The quantitative estimate of drug-likeness (QED) is 0.608. The van der Waals surface area contributed by atoms with E-state index in [1.165, 1.54) is 5.56 Å². The van der Waals surface area contributed by atoms with E-state index in [-0.39, 0.29) is 5.91 Å². The van der Waals surface area contributed by atoms with Gasteiger partial charge in [-0.15, -0.1) is 0 Å². The highest BCUT2D eigenvalue weighted by Gasteiger charge is 2.20. The fraction of sp³-hybridized carbons (Fsp3) is 0.500. The van der Waals surface area contributed by atoms with Crippen molar-refractivity contribution < 1.29 is 9.53 Å². The highest BCUT2D eigenvalue weighted by atomic mass is 16.5. The topological polar surface area (TPSA) is 67.6 Å². The monoisotopic (exact) mass is 263 g/mol. The first-order valence-electron chi connectivity index (χ1n) is 6.60. The van der Waals surface area contributed by atoms with Gasteiger partial charge in [0.2, 0.25) is 5.91 Å². The number of anilines is 2. The lowest BCUT2D eigenvalue weighted by Gasteiger charge is -2.31. The number of nitrogens with one attached hydrogen (secondary N) is 1. The van der Waals surface area contributed by atoms with Crippen LogP contribution in [0, 0.1) is 0 Å². The smallest absolute Gasteiger partial charge is 0.239 e. The van der Waals surface area contributed by atoms with Crippen LogP contribution in [-0.4, -0.2) is 39.3 Å². The summed E-state index contributed by atoms with van der Waals surface area (Å²) in [5, 5.41) is 2.84. The highest BCUT2D eigenvalue weighted by Crippen LogP contribution is 2.30. The number of fused-ring (bicyclic) bond motifs is 1. The van der Waals surface area contributed by atoms with Crippen molar-refractivity contribution in [1.29, 1.82) is 0 Å². The molecule has 0 aromatic heterocycles. The van der Waals surface area contributed by atoms with Gasteiger partial charge in [-0.2, -0.15) is 0 Å². The Morgan fingerprint density at radius 3 is 3.16 bits per heavy atom. The summed E-state index contributed by atoms with van der Waals surface area (Å²) in [5.41, 5.74) is 9.07. The van der Waals surface area contributed by atoms with Gasteiger partial charge in [-0.05, 0) is 30.5 Å². The van der Waals surface area contributed by atoms with Gasteiger partial charge in [-0.1, -0.05) is 6.07 Å². The fourth-order valence-electron chi connectivity index (χ4n) is 2.41. The van der Waals surface area contributed by atoms with Gasteiger partial charge in [-0.25, -0.2) is 0 Å². The Morgan fingerprint density at radius 2 is 2.37 bits per heavy atom. The average molecular weight is 263 g/mol. The maximum absolute atomic E-state index is 11.8. The number of hydrogen-bond acceptors (Lipinski definition) is 4. The Hall–Kier alpha value is -1.75. The third kappa shape index (κ3) is 3.38. The molecule has 0 fully saturated rings. The first-order valence-corrected chi connectivity index (χ1v) is 6.60. The largest absolute Gasteiger partial charge is 0.398 e. The van der Waals surface area contributed by atoms with Gasteiger partial charge >= 0.3 is 0 Å². The third-order valence-corrected chi connectivity index (χ3v) is 3.35. The number of carbonyl (C=O) groups excluding carboxylic acids is 1. The molecule has 0 saturated heterocycles. The van der Waals surface area contributed by atoms with Gasteiger partial charge in [0.05, 0.1) is 13.2 Å². The molecule has 1 heterocycles. The first-order chi connectivity index (χ1) is 9.22. The number of carbonyl (C=O) groups is 1. The molecule has 2 rings (SSSR count). The summed E-state index contributed by atoms with van der Waals surface area (Å²) in [6, 6.07) is 5.89. The van der Waals surface area contributed by atoms with Crippen molar-refractivity contribution in [2.24, 2.45) is 0 Å². The van der Waals surface area contributed by atoms with E-state index in [0.29, 0.717) is 19.7 Å². The molecule has 3 N–H and O–H groups in total. The SMILES string of the molecule is COCCNC(=O)CN1CCCc2c(N)cccc21. The molecule has 1 amide bonds. The Kier molecular flexibility index (Phi) is 4.63. The summed E-state index contributed by atoms with van der Waals surface area (Å²) < 4.78 is 4.91. The lowest BCUT2D eigenvalue weighted by Crippen LogP contribution is -2.40. The molecule has 0 saturated carbocycles. The van der Waals surface area contributed by atoms with Gasteiger partial charge in [-0.3, -0.25) is 4.79 Å². The second kappa shape index (κ2) is 6.43. The average Bonchev–Trinajstić information content (AvgIpc) is 2.40. The predicted octanol–water partition coefficient (Wildman–Crippen LogP) is 0.784. The summed E-state index contributed by atoms with van der Waals surface area (Å²) in [7, 11) is 1.62.